The maximum atomic E-state index is 16.6. The van der Waals surface area contributed by atoms with Crippen LogP contribution in [-0.2, 0) is 35.2 Å². The van der Waals surface area contributed by atoms with E-state index >= 15 is 13.2 Å². The number of para-hydroxylation sites is 2. The molecule has 0 saturated heterocycles. The first-order chi connectivity index (χ1) is 26.9. The van der Waals surface area contributed by atoms with Gasteiger partial charge in [-0.2, -0.15) is 8.42 Å². The number of hydrogen-bond acceptors (Lipinski definition) is 4. The molecule has 10 rings (SSSR count). The van der Waals surface area contributed by atoms with Crippen molar-refractivity contribution in [1.82, 2.24) is 9.13 Å². The number of benzene rings is 5. The van der Waals surface area contributed by atoms with Gasteiger partial charge in [-0.3, -0.25) is 4.55 Å². The molecule has 0 saturated carbocycles. The number of hydrogen-bond donors (Lipinski definition) is 1. The summed E-state index contributed by atoms with van der Waals surface area (Å²) in [5.41, 5.74) is 7.37. The van der Waals surface area contributed by atoms with Crippen LogP contribution in [0.5, 0.6) is 11.5 Å². The van der Waals surface area contributed by atoms with E-state index in [9.17, 15) is 13.0 Å². The topological polar surface area (TPSA) is 76.7 Å². The van der Waals surface area contributed by atoms with Crippen LogP contribution in [-0.4, -0.2) is 29.2 Å². The van der Waals surface area contributed by atoms with Gasteiger partial charge in [-0.25, -0.2) is 13.2 Å². The van der Waals surface area contributed by atoms with Crippen LogP contribution >= 0.6 is 0 Å². The first kappa shape index (κ1) is 35.6. The zero-order valence-corrected chi connectivity index (χ0v) is 33.4. The predicted molar refractivity (Wildman–Crippen MR) is 217 cm³/mol. The Kier molecular flexibility index (Phi) is 7.00. The molecule has 5 aromatic carbocycles. The summed E-state index contributed by atoms with van der Waals surface area (Å²) < 4.78 is 95.7. The van der Waals surface area contributed by atoms with Gasteiger partial charge in [0.15, 0.2) is 11.6 Å². The molecule has 7 nitrogen and oxygen atoms in total. The largest absolute Gasteiger partial charge is 0.456 e. The molecule has 0 amide bonds. The van der Waals surface area contributed by atoms with Crippen LogP contribution in [0, 0.1) is 17.5 Å². The van der Waals surface area contributed by atoms with E-state index in [-0.39, 0.29) is 33.9 Å². The quantitative estimate of drug-likeness (QED) is 0.140. The molecule has 2 aliphatic heterocycles. The Morgan fingerprint density at radius 1 is 0.684 bits per heavy atom. The highest BCUT2D eigenvalue weighted by Gasteiger charge is 2.42. The van der Waals surface area contributed by atoms with Gasteiger partial charge in [0.1, 0.15) is 22.2 Å². The number of aryl methyl sites for hydroxylation is 2. The Balaban J connectivity index is 1.41. The predicted octanol–water partition coefficient (Wildman–Crippen LogP) is 9.17. The van der Waals surface area contributed by atoms with E-state index in [2.05, 4.69) is 60.8 Å². The van der Waals surface area contributed by atoms with E-state index in [0.29, 0.717) is 0 Å². The summed E-state index contributed by atoms with van der Waals surface area (Å²) in [5.74, 6) is -4.38. The number of halogens is 3. The van der Waals surface area contributed by atoms with Crippen molar-refractivity contribution in [2.75, 3.05) is 11.9 Å². The summed E-state index contributed by atoms with van der Waals surface area (Å²) in [6.45, 7) is 10.7. The molecule has 1 N–H and O–H groups in total. The van der Waals surface area contributed by atoms with Crippen molar-refractivity contribution in [3.8, 4) is 34.0 Å². The Morgan fingerprint density at radius 3 is 1.91 bits per heavy atom. The molecule has 3 aliphatic rings. The van der Waals surface area contributed by atoms with Crippen molar-refractivity contribution in [3.05, 3.63) is 129 Å². The van der Waals surface area contributed by atoms with Crippen LogP contribution in [0.2, 0.25) is 0 Å². The fourth-order valence-corrected chi connectivity index (χ4v) is 10.7. The van der Waals surface area contributed by atoms with Crippen molar-refractivity contribution in [2.24, 2.45) is 14.1 Å². The van der Waals surface area contributed by atoms with Crippen LogP contribution in [0.3, 0.4) is 0 Å². The monoisotopic (exact) mass is 785 g/mol. The lowest BCUT2D eigenvalue weighted by Gasteiger charge is -2.44. The third-order valence-electron chi connectivity index (χ3n) is 13.1. The van der Waals surface area contributed by atoms with E-state index in [1.54, 1.807) is 12.1 Å². The maximum Gasteiger partial charge on any atom is 0.298 e. The molecule has 288 valence electrons. The Hall–Kier alpha value is -5.78. The van der Waals surface area contributed by atoms with Crippen LogP contribution in [0.1, 0.15) is 56.9 Å². The Morgan fingerprint density at radius 2 is 1.28 bits per heavy atom. The molecule has 1 aliphatic carbocycles. The molecular weight excluding hydrogens is 748 g/mol. The molecule has 0 fully saturated rings. The summed E-state index contributed by atoms with van der Waals surface area (Å²) in [6, 6.07) is 23.5. The molecule has 11 heteroatoms. The van der Waals surface area contributed by atoms with Crippen molar-refractivity contribution >= 4 is 48.8 Å². The zero-order valence-electron chi connectivity index (χ0n) is 32.6. The highest BCUT2D eigenvalue weighted by Crippen LogP contribution is 2.54. The lowest BCUT2D eigenvalue weighted by atomic mass is 9.71. The fourth-order valence-electron chi connectivity index (χ4n) is 9.93. The number of fused-ring (bicyclic) bond motifs is 12. The SMILES string of the molecule is CC1=c2cc3c(cc2-c2c(c4ccccc4n2C)C1(C)C)=C(c1c(F)c(F)cc(F)c1S(=O)(=O)O)c1cc2c(cc1O3)N(C)C(C)(C)c1c-2n(C)c2ccccc12. The molecular formula is C46H38F3N3O4S. The average molecular weight is 786 g/mol. The van der Waals surface area contributed by atoms with Gasteiger partial charge >= 0.3 is 0 Å². The van der Waals surface area contributed by atoms with Gasteiger partial charge in [-0.15, -0.1) is 0 Å². The van der Waals surface area contributed by atoms with Crippen LogP contribution in [0.15, 0.2) is 83.8 Å². The molecule has 0 unspecified atom stereocenters. The van der Waals surface area contributed by atoms with Crippen molar-refractivity contribution in [3.63, 3.8) is 0 Å². The van der Waals surface area contributed by atoms with Gasteiger partial charge in [0.25, 0.3) is 10.1 Å². The molecule has 0 radical (unpaired) electrons. The minimum Gasteiger partial charge on any atom is -0.456 e. The summed E-state index contributed by atoms with van der Waals surface area (Å²) in [7, 11) is 0.470. The number of ether oxygens (including phenoxy) is 1. The van der Waals surface area contributed by atoms with Gasteiger partial charge in [0.2, 0.25) is 0 Å². The second-order valence-electron chi connectivity index (χ2n) is 16.5. The fraction of sp³-hybridized carbons (Fsp3) is 0.217. The van der Waals surface area contributed by atoms with Gasteiger partial charge in [-0.05, 0) is 61.9 Å². The van der Waals surface area contributed by atoms with E-state index in [0.717, 1.165) is 71.9 Å². The van der Waals surface area contributed by atoms with E-state index in [4.69, 9.17) is 4.74 Å². The van der Waals surface area contributed by atoms with E-state index in [1.807, 2.05) is 69.7 Å². The molecule has 7 aromatic rings. The normalized spacial score (nSPS) is 16.2. The van der Waals surface area contributed by atoms with Crippen molar-refractivity contribution in [1.29, 1.82) is 0 Å². The standard InChI is InChI=1S/C46H38F3N3O4S/c1-22-25-19-35-28(17-26(25)42-39(45(22,2)3)23-13-9-11-15-32(23)50(42)6)37(38-41(49)30(47)20-31(48)44(38)57(53,54)55)29-18-27-34(21-36(29)56-35)52(8)46(4,5)40-24-14-10-12-16-33(24)51(7)43(27)40/h9-21H,1-8H3,(H,53,54,55). The second kappa shape index (κ2) is 11.2. The van der Waals surface area contributed by atoms with E-state index in [1.165, 1.54) is 0 Å². The minimum absolute atomic E-state index is 0.129. The van der Waals surface area contributed by atoms with Gasteiger partial charge < -0.3 is 18.8 Å². The number of nitrogens with zero attached hydrogens (tertiary/aromatic N) is 3. The smallest absolute Gasteiger partial charge is 0.298 e. The molecule has 0 atom stereocenters. The lowest BCUT2D eigenvalue weighted by Crippen LogP contribution is -2.41. The first-order valence-corrected chi connectivity index (χ1v) is 20.1. The highest BCUT2D eigenvalue weighted by atomic mass is 32.2. The highest BCUT2D eigenvalue weighted by molar-refractivity contribution is 7.86. The first-order valence-electron chi connectivity index (χ1n) is 18.7. The summed E-state index contributed by atoms with van der Waals surface area (Å²) in [4.78, 5) is 0.778. The van der Waals surface area contributed by atoms with Crippen molar-refractivity contribution in [2.45, 2.75) is 50.5 Å². The van der Waals surface area contributed by atoms with Crippen LogP contribution in [0.4, 0.5) is 18.9 Å². The molecule has 2 aromatic heterocycles. The average Bonchev–Trinajstić information content (AvgIpc) is 3.64. The Bertz CT molecular complexity index is 3280. The summed E-state index contributed by atoms with van der Waals surface area (Å²) in [6.07, 6.45) is 0. The zero-order chi connectivity index (χ0) is 40.4. The van der Waals surface area contributed by atoms with Crippen LogP contribution < -0.4 is 20.1 Å². The molecule has 0 spiro atoms. The number of aromatic nitrogens is 2. The molecule has 57 heavy (non-hydrogen) atoms. The third-order valence-corrected chi connectivity index (χ3v) is 14.0. The summed E-state index contributed by atoms with van der Waals surface area (Å²) in [5, 5.41) is 3.17. The van der Waals surface area contributed by atoms with Crippen molar-refractivity contribution < 1.29 is 30.9 Å². The molecule has 4 heterocycles. The van der Waals surface area contributed by atoms with Gasteiger partial charge in [-0.1, -0.05) is 55.8 Å². The minimum atomic E-state index is -5.45. The third kappa shape index (κ3) is 4.44. The van der Waals surface area contributed by atoms with Gasteiger partial charge in [0, 0.05) is 99.1 Å². The van der Waals surface area contributed by atoms with Crippen LogP contribution in [0.25, 0.3) is 55.5 Å². The van der Waals surface area contributed by atoms with E-state index < -0.39 is 49.0 Å². The summed E-state index contributed by atoms with van der Waals surface area (Å²) >= 11 is 0. The second-order valence-corrected chi connectivity index (χ2v) is 17.9. The maximum absolute atomic E-state index is 16.6. The van der Waals surface area contributed by atoms with Gasteiger partial charge in [0.05, 0.1) is 22.6 Å². The Labute approximate surface area is 327 Å². The number of anilines is 1. The lowest BCUT2D eigenvalue weighted by molar-refractivity contribution is 0.453. The molecule has 0 bridgehead atoms. The number of rotatable bonds is 2.